The minimum Gasteiger partial charge on any atom is -0.456 e. The molecule has 2 nitrogen and oxygen atoms in total. The van der Waals surface area contributed by atoms with Crippen molar-refractivity contribution >= 4 is 27.8 Å². The van der Waals surface area contributed by atoms with Gasteiger partial charge in [-0.3, -0.25) is 0 Å². The second-order valence-electron chi connectivity index (χ2n) is 12.2. The van der Waals surface area contributed by atoms with Crippen LogP contribution in [-0.4, -0.2) is 0 Å². The molecule has 226 valence electrons. The average Bonchev–Trinajstić information content (AvgIpc) is 3.29. The van der Waals surface area contributed by atoms with Gasteiger partial charge in [-0.2, -0.15) is 0 Å². The Kier molecular flexibility index (Phi) is 6.84. The molecule has 1 heterocycles. The van der Waals surface area contributed by atoms with Crippen molar-refractivity contribution in [2.75, 3.05) is 4.90 Å². The van der Waals surface area contributed by atoms with E-state index in [1.807, 2.05) is 0 Å². The Morgan fingerprint density at radius 3 is 1.31 bits per heavy atom. The van der Waals surface area contributed by atoms with E-state index in [0.717, 1.165) is 45.1 Å². The van der Waals surface area contributed by atoms with Crippen molar-refractivity contribution in [1.29, 1.82) is 0 Å². The highest BCUT2D eigenvalue weighted by atomic mass is 16.5. The van der Waals surface area contributed by atoms with Gasteiger partial charge < -0.3 is 9.64 Å². The van der Waals surface area contributed by atoms with Gasteiger partial charge in [-0.25, -0.2) is 0 Å². The third-order valence-electron chi connectivity index (χ3n) is 9.26. The largest absolute Gasteiger partial charge is 0.456 e. The first-order chi connectivity index (χ1) is 23.8. The lowest BCUT2D eigenvalue weighted by molar-refractivity contribution is 0.488. The zero-order valence-corrected chi connectivity index (χ0v) is 26.3. The van der Waals surface area contributed by atoms with Gasteiger partial charge in [-0.05, 0) is 92.7 Å². The maximum Gasteiger partial charge on any atom is 0.137 e. The standard InChI is InChI=1S/C46H31NO/c1-3-11-32(12-4-1)34-19-23-38(24-20-34)47(39-25-21-35(22-26-39)33-13-5-2-6-14-33)40-27-28-43-41-17-9-10-18-42(41)44-29-36-15-7-8-16-37(36)30-45(44)48-46(43)31-40/h1-31H. The molecule has 2 heteroatoms. The number of rotatable bonds is 5. The lowest BCUT2D eigenvalue weighted by Crippen LogP contribution is -2.10. The highest BCUT2D eigenvalue weighted by Crippen LogP contribution is 2.50. The number of hydrogen-bond acceptors (Lipinski definition) is 2. The number of ether oxygens (including phenoxy) is 1. The fraction of sp³-hybridized carbons (Fsp3) is 0. The van der Waals surface area contributed by atoms with Crippen LogP contribution in [0.2, 0.25) is 0 Å². The van der Waals surface area contributed by atoms with Gasteiger partial charge in [0.1, 0.15) is 11.5 Å². The molecular weight excluding hydrogens is 583 g/mol. The van der Waals surface area contributed by atoms with Gasteiger partial charge >= 0.3 is 0 Å². The number of nitrogens with zero attached hydrogens (tertiary/aromatic N) is 1. The fourth-order valence-electron chi connectivity index (χ4n) is 6.86. The van der Waals surface area contributed by atoms with E-state index in [2.05, 4.69) is 193 Å². The van der Waals surface area contributed by atoms with Crippen molar-refractivity contribution in [2.24, 2.45) is 0 Å². The monoisotopic (exact) mass is 613 g/mol. The predicted octanol–water partition coefficient (Wildman–Crippen LogP) is 13.1. The van der Waals surface area contributed by atoms with E-state index in [4.69, 9.17) is 4.74 Å². The molecule has 8 aromatic rings. The molecule has 0 saturated heterocycles. The molecule has 0 N–H and O–H groups in total. The van der Waals surface area contributed by atoms with Crippen LogP contribution in [0.4, 0.5) is 17.1 Å². The molecule has 0 bridgehead atoms. The zero-order valence-electron chi connectivity index (χ0n) is 26.3. The molecule has 0 spiro atoms. The quantitative estimate of drug-likeness (QED) is 0.191. The predicted molar refractivity (Wildman–Crippen MR) is 200 cm³/mol. The van der Waals surface area contributed by atoms with E-state index in [1.54, 1.807) is 0 Å². The topological polar surface area (TPSA) is 12.5 Å². The van der Waals surface area contributed by atoms with Crippen LogP contribution >= 0.6 is 0 Å². The fourth-order valence-corrected chi connectivity index (χ4v) is 6.86. The number of benzene rings is 8. The van der Waals surface area contributed by atoms with E-state index < -0.39 is 0 Å². The Labute approximate surface area is 280 Å². The molecule has 48 heavy (non-hydrogen) atoms. The maximum atomic E-state index is 6.88. The van der Waals surface area contributed by atoms with E-state index in [9.17, 15) is 0 Å². The van der Waals surface area contributed by atoms with Crippen LogP contribution in [0, 0.1) is 0 Å². The summed E-state index contributed by atoms with van der Waals surface area (Å²) in [6.45, 7) is 0. The van der Waals surface area contributed by atoms with Crippen molar-refractivity contribution in [3.63, 3.8) is 0 Å². The van der Waals surface area contributed by atoms with Crippen LogP contribution in [0.15, 0.2) is 188 Å². The summed E-state index contributed by atoms with van der Waals surface area (Å²) in [5.74, 6) is 1.70. The van der Waals surface area contributed by atoms with Crippen molar-refractivity contribution < 1.29 is 4.74 Å². The molecule has 0 amide bonds. The summed E-state index contributed by atoms with van der Waals surface area (Å²) in [6.07, 6.45) is 0. The number of fused-ring (bicyclic) bond motifs is 6. The third kappa shape index (κ3) is 5.01. The summed E-state index contributed by atoms with van der Waals surface area (Å²) in [5.41, 5.74) is 12.5. The highest BCUT2D eigenvalue weighted by Gasteiger charge is 2.23. The lowest BCUT2D eigenvalue weighted by Gasteiger charge is -2.27. The van der Waals surface area contributed by atoms with Gasteiger partial charge in [0, 0.05) is 34.3 Å². The average molecular weight is 614 g/mol. The van der Waals surface area contributed by atoms with Crippen molar-refractivity contribution in [2.45, 2.75) is 0 Å². The highest BCUT2D eigenvalue weighted by molar-refractivity contribution is 5.97. The van der Waals surface area contributed by atoms with Gasteiger partial charge in [0.05, 0.1) is 0 Å². The molecule has 9 rings (SSSR count). The van der Waals surface area contributed by atoms with E-state index in [0.29, 0.717) is 0 Å². The van der Waals surface area contributed by atoms with E-state index in [1.165, 1.54) is 38.8 Å². The van der Waals surface area contributed by atoms with Crippen LogP contribution in [-0.2, 0) is 0 Å². The lowest BCUT2D eigenvalue weighted by atomic mass is 9.93. The Balaban J connectivity index is 1.19. The SMILES string of the molecule is c1ccc(-c2ccc(N(c3ccc(-c4ccccc4)cc3)c3ccc4c(c3)Oc3cc5ccccc5cc3-c3ccccc3-4)cc2)cc1. The molecule has 1 aliphatic heterocycles. The first-order valence-corrected chi connectivity index (χ1v) is 16.3. The second-order valence-corrected chi connectivity index (χ2v) is 12.2. The molecule has 0 aliphatic carbocycles. The van der Waals surface area contributed by atoms with Crippen LogP contribution in [0.5, 0.6) is 11.5 Å². The molecule has 1 aliphatic rings. The Hall–Kier alpha value is -6.38. The van der Waals surface area contributed by atoms with Gasteiger partial charge in [0.2, 0.25) is 0 Å². The molecule has 0 aromatic heterocycles. The van der Waals surface area contributed by atoms with Crippen LogP contribution in [0.3, 0.4) is 0 Å². The maximum absolute atomic E-state index is 6.88. The molecule has 8 aromatic carbocycles. The van der Waals surface area contributed by atoms with Crippen molar-refractivity contribution in [1.82, 2.24) is 0 Å². The molecule has 0 radical (unpaired) electrons. The molecule has 0 fully saturated rings. The third-order valence-corrected chi connectivity index (χ3v) is 9.26. The molecule has 0 atom stereocenters. The first-order valence-electron chi connectivity index (χ1n) is 16.3. The minimum atomic E-state index is 0.834. The molecular formula is C46H31NO. The summed E-state index contributed by atoms with van der Waals surface area (Å²) in [4.78, 5) is 2.31. The second kappa shape index (κ2) is 11.8. The van der Waals surface area contributed by atoms with Gasteiger partial charge in [-0.15, -0.1) is 0 Å². The molecule has 0 saturated carbocycles. The van der Waals surface area contributed by atoms with Gasteiger partial charge in [-0.1, -0.05) is 133 Å². The first kappa shape index (κ1) is 27.9. The summed E-state index contributed by atoms with van der Waals surface area (Å²) >= 11 is 0. The zero-order chi connectivity index (χ0) is 31.9. The van der Waals surface area contributed by atoms with Crippen molar-refractivity contribution in [3.05, 3.63) is 188 Å². The van der Waals surface area contributed by atoms with Crippen molar-refractivity contribution in [3.8, 4) is 56.0 Å². The molecule has 0 unspecified atom stereocenters. The summed E-state index contributed by atoms with van der Waals surface area (Å²) < 4.78 is 6.88. The Bertz CT molecular complexity index is 2310. The number of hydrogen-bond donors (Lipinski definition) is 0. The van der Waals surface area contributed by atoms with Crippen LogP contribution < -0.4 is 9.64 Å². The Morgan fingerprint density at radius 1 is 0.292 bits per heavy atom. The smallest absolute Gasteiger partial charge is 0.137 e. The van der Waals surface area contributed by atoms with Crippen LogP contribution in [0.25, 0.3) is 55.3 Å². The Morgan fingerprint density at radius 2 is 0.729 bits per heavy atom. The minimum absolute atomic E-state index is 0.834. The van der Waals surface area contributed by atoms with E-state index in [-0.39, 0.29) is 0 Å². The van der Waals surface area contributed by atoms with Gasteiger partial charge in [0.15, 0.2) is 0 Å². The summed E-state index contributed by atoms with van der Waals surface area (Å²) in [7, 11) is 0. The van der Waals surface area contributed by atoms with E-state index >= 15 is 0 Å². The number of anilines is 3. The van der Waals surface area contributed by atoms with Crippen LogP contribution in [0.1, 0.15) is 0 Å². The summed E-state index contributed by atoms with van der Waals surface area (Å²) in [5, 5.41) is 2.36. The summed E-state index contributed by atoms with van der Waals surface area (Å²) in [6, 6.07) is 66.8. The normalized spacial score (nSPS) is 11.5. The van der Waals surface area contributed by atoms with Gasteiger partial charge in [0.25, 0.3) is 0 Å².